The Balaban J connectivity index is 2.47. The highest BCUT2D eigenvalue weighted by Crippen LogP contribution is 2.21. The molecule has 0 aliphatic carbocycles. The zero-order chi connectivity index (χ0) is 13.8. The van der Waals surface area contributed by atoms with Crippen molar-refractivity contribution in [2.45, 2.75) is 13.5 Å². The van der Waals surface area contributed by atoms with Crippen molar-refractivity contribution in [2.24, 2.45) is 0 Å². The zero-order valence-electron chi connectivity index (χ0n) is 10.2. The summed E-state index contributed by atoms with van der Waals surface area (Å²) >= 11 is 5.82. The molecule has 0 saturated carbocycles. The van der Waals surface area contributed by atoms with Crippen molar-refractivity contribution in [1.29, 1.82) is 0 Å². The lowest BCUT2D eigenvalue weighted by atomic mass is 10.1. The molecule has 1 N–H and O–H groups in total. The number of carboxylic acids is 1. The summed E-state index contributed by atoms with van der Waals surface area (Å²) in [5.74, 6) is -0.528. The second-order valence-electron chi connectivity index (χ2n) is 3.72. The Morgan fingerprint density at radius 2 is 2.32 bits per heavy atom. The Morgan fingerprint density at radius 3 is 3.00 bits per heavy atom. The first-order valence-corrected chi connectivity index (χ1v) is 6.01. The van der Waals surface area contributed by atoms with Gasteiger partial charge in [0.15, 0.2) is 5.82 Å². The standard InChI is InChI=1S/C12H12ClN3O3/c1-2-19-6-11-15-14-7-16(11)10-4-3-8(13)5-9(10)12(17)18/h3-5,7H,2,6H2,1H3,(H,17,18). The number of aromatic carboxylic acids is 1. The highest BCUT2D eigenvalue weighted by molar-refractivity contribution is 6.31. The lowest BCUT2D eigenvalue weighted by Gasteiger charge is -2.10. The number of carbonyl (C=O) groups is 1. The van der Waals surface area contributed by atoms with E-state index in [1.54, 1.807) is 16.7 Å². The molecule has 1 aromatic heterocycles. The van der Waals surface area contributed by atoms with Gasteiger partial charge in [0.25, 0.3) is 0 Å². The van der Waals surface area contributed by atoms with Gasteiger partial charge >= 0.3 is 5.97 Å². The van der Waals surface area contributed by atoms with Crippen molar-refractivity contribution >= 4 is 17.6 Å². The third-order valence-corrected chi connectivity index (χ3v) is 2.74. The molecule has 2 rings (SSSR count). The highest BCUT2D eigenvalue weighted by atomic mass is 35.5. The molecule has 0 radical (unpaired) electrons. The number of ether oxygens (including phenoxy) is 1. The van der Waals surface area contributed by atoms with Gasteiger partial charge in [0.05, 0.1) is 11.3 Å². The molecule has 100 valence electrons. The normalized spacial score (nSPS) is 10.6. The van der Waals surface area contributed by atoms with Gasteiger partial charge in [-0.1, -0.05) is 11.6 Å². The van der Waals surface area contributed by atoms with Gasteiger partial charge in [-0.15, -0.1) is 10.2 Å². The fourth-order valence-corrected chi connectivity index (χ4v) is 1.81. The summed E-state index contributed by atoms with van der Waals surface area (Å²) in [6.45, 7) is 2.67. The number of halogens is 1. The molecule has 0 atom stereocenters. The number of carboxylic acid groups (broad SMARTS) is 1. The molecule has 0 saturated heterocycles. The Labute approximate surface area is 114 Å². The molecular weight excluding hydrogens is 270 g/mol. The smallest absolute Gasteiger partial charge is 0.337 e. The van der Waals surface area contributed by atoms with Crippen LogP contribution in [0.3, 0.4) is 0 Å². The van der Waals surface area contributed by atoms with Crippen LogP contribution in [0.1, 0.15) is 23.1 Å². The summed E-state index contributed by atoms with van der Waals surface area (Å²) < 4.78 is 6.85. The fraction of sp³-hybridized carbons (Fsp3) is 0.250. The number of rotatable bonds is 5. The summed E-state index contributed by atoms with van der Waals surface area (Å²) in [6.07, 6.45) is 1.45. The van der Waals surface area contributed by atoms with Crippen LogP contribution >= 0.6 is 11.6 Å². The van der Waals surface area contributed by atoms with E-state index in [1.807, 2.05) is 6.92 Å². The van der Waals surface area contributed by atoms with Crippen molar-refractivity contribution in [1.82, 2.24) is 14.8 Å². The van der Waals surface area contributed by atoms with E-state index in [-0.39, 0.29) is 12.2 Å². The van der Waals surface area contributed by atoms with Crippen LogP contribution in [0.25, 0.3) is 5.69 Å². The molecule has 1 heterocycles. The number of hydrogen-bond donors (Lipinski definition) is 1. The van der Waals surface area contributed by atoms with Crippen molar-refractivity contribution in [3.05, 3.63) is 40.9 Å². The van der Waals surface area contributed by atoms with E-state index in [4.69, 9.17) is 16.3 Å². The minimum atomic E-state index is -1.06. The molecule has 0 fully saturated rings. The number of nitrogens with zero attached hydrogens (tertiary/aromatic N) is 3. The molecule has 19 heavy (non-hydrogen) atoms. The van der Waals surface area contributed by atoms with E-state index < -0.39 is 5.97 Å². The average molecular weight is 282 g/mol. The predicted octanol–water partition coefficient (Wildman–Crippen LogP) is 2.16. The van der Waals surface area contributed by atoms with Gasteiger partial charge in [-0.2, -0.15) is 0 Å². The lowest BCUT2D eigenvalue weighted by molar-refractivity contribution is 0.0696. The van der Waals surface area contributed by atoms with Gasteiger partial charge in [-0.25, -0.2) is 4.79 Å². The number of aromatic nitrogens is 3. The van der Waals surface area contributed by atoms with Gasteiger partial charge in [0, 0.05) is 11.6 Å². The molecule has 0 bridgehead atoms. The van der Waals surface area contributed by atoms with Crippen molar-refractivity contribution < 1.29 is 14.6 Å². The van der Waals surface area contributed by atoms with E-state index in [2.05, 4.69) is 10.2 Å². The van der Waals surface area contributed by atoms with Crippen molar-refractivity contribution in [3.8, 4) is 5.69 Å². The minimum absolute atomic E-state index is 0.0880. The Morgan fingerprint density at radius 1 is 1.53 bits per heavy atom. The van der Waals surface area contributed by atoms with Crippen LogP contribution < -0.4 is 0 Å². The van der Waals surface area contributed by atoms with Gasteiger partial charge in [0.1, 0.15) is 12.9 Å². The molecule has 6 nitrogen and oxygen atoms in total. The van der Waals surface area contributed by atoms with E-state index in [1.165, 1.54) is 12.4 Å². The van der Waals surface area contributed by atoms with Crippen LogP contribution in [0.2, 0.25) is 5.02 Å². The largest absolute Gasteiger partial charge is 0.478 e. The van der Waals surface area contributed by atoms with E-state index in [0.29, 0.717) is 23.1 Å². The second kappa shape index (κ2) is 5.81. The van der Waals surface area contributed by atoms with Crippen LogP contribution in [0, 0.1) is 0 Å². The summed E-state index contributed by atoms with van der Waals surface area (Å²) in [5, 5.41) is 17.3. The lowest BCUT2D eigenvalue weighted by Crippen LogP contribution is -2.08. The predicted molar refractivity (Wildman–Crippen MR) is 68.7 cm³/mol. The molecule has 1 aromatic carbocycles. The van der Waals surface area contributed by atoms with Gasteiger partial charge in [0.2, 0.25) is 0 Å². The SMILES string of the molecule is CCOCc1nncn1-c1ccc(Cl)cc1C(=O)O. The van der Waals surface area contributed by atoms with Crippen LogP contribution in [0.5, 0.6) is 0 Å². The maximum atomic E-state index is 11.3. The van der Waals surface area contributed by atoms with Crippen molar-refractivity contribution in [3.63, 3.8) is 0 Å². The average Bonchev–Trinajstić information content (AvgIpc) is 2.84. The first kappa shape index (κ1) is 13.5. The third-order valence-electron chi connectivity index (χ3n) is 2.50. The quantitative estimate of drug-likeness (QED) is 0.909. The van der Waals surface area contributed by atoms with Gasteiger partial charge < -0.3 is 9.84 Å². The maximum absolute atomic E-state index is 11.3. The van der Waals surface area contributed by atoms with Crippen LogP contribution in [0.15, 0.2) is 24.5 Å². The minimum Gasteiger partial charge on any atom is -0.478 e. The molecule has 0 amide bonds. The monoisotopic (exact) mass is 281 g/mol. The maximum Gasteiger partial charge on any atom is 0.337 e. The molecule has 2 aromatic rings. The first-order valence-electron chi connectivity index (χ1n) is 5.63. The van der Waals surface area contributed by atoms with Crippen LogP contribution in [-0.4, -0.2) is 32.4 Å². The number of benzene rings is 1. The molecule has 0 unspecified atom stereocenters. The Hall–Kier alpha value is -1.92. The van der Waals surface area contributed by atoms with E-state index >= 15 is 0 Å². The van der Waals surface area contributed by atoms with Gasteiger partial charge in [-0.3, -0.25) is 4.57 Å². The summed E-state index contributed by atoms with van der Waals surface area (Å²) in [4.78, 5) is 11.3. The first-order chi connectivity index (χ1) is 9.13. The van der Waals surface area contributed by atoms with Crippen LogP contribution in [-0.2, 0) is 11.3 Å². The summed E-state index contributed by atoms with van der Waals surface area (Å²) in [5.41, 5.74) is 0.543. The fourth-order valence-electron chi connectivity index (χ4n) is 1.64. The molecular formula is C12H12ClN3O3. The molecule has 0 aliphatic heterocycles. The van der Waals surface area contributed by atoms with Crippen LogP contribution in [0.4, 0.5) is 0 Å². The summed E-state index contributed by atoms with van der Waals surface area (Å²) in [7, 11) is 0. The molecule has 7 heteroatoms. The molecule has 0 spiro atoms. The third kappa shape index (κ3) is 2.91. The number of hydrogen-bond acceptors (Lipinski definition) is 4. The second-order valence-corrected chi connectivity index (χ2v) is 4.16. The highest BCUT2D eigenvalue weighted by Gasteiger charge is 2.15. The zero-order valence-corrected chi connectivity index (χ0v) is 11.0. The molecule has 0 aliphatic rings. The Kier molecular flexibility index (Phi) is 4.13. The van der Waals surface area contributed by atoms with E-state index in [9.17, 15) is 9.90 Å². The summed E-state index contributed by atoms with van der Waals surface area (Å²) in [6, 6.07) is 4.63. The topological polar surface area (TPSA) is 77.2 Å². The van der Waals surface area contributed by atoms with Crippen molar-refractivity contribution in [2.75, 3.05) is 6.61 Å². The Bertz CT molecular complexity index is 598. The van der Waals surface area contributed by atoms with Gasteiger partial charge in [-0.05, 0) is 25.1 Å². The van der Waals surface area contributed by atoms with E-state index in [0.717, 1.165) is 0 Å².